The number of rotatable bonds is 7. The van der Waals surface area contributed by atoms with E-state index in [1.54, 1.807) is 50.2 Å². The number of nitrogens with two attached hydrogens (primary N) is 1. The van der Waals surface area contributed by atoms with E-state index in [1.807, 2.05) is 0 Å². The number of esters is 1. The molecule has 9 heteroatoms. The Morgan fingerprint density at radius 3 is 2.48 bits per heavy atom. The number of nitrogens with zero attached hydrogens (tertiary/aromatic N) is 1. The van der Waals surface area contributed by atoms with Crippen LogP contribution in [0.3, 0.4) is 0 Å². The summed E-state index contributed by atoms with van der Waals surface area (Å²) in [7, 11) is 1.49. The van der Waals surface area contributed by atoms with E-state index in [-0.39, 0.29) is 36.0 Å². The number of benzene rings is 2. The third kappa shape index (κ3) is 4.87. The molecular weight excluding hydrogens is 467 g/mol. The van der Waals surface area contributed by atoms with Crippen LogP contribution in [0.2, 0.25) is 10.0 Å². The topological polar surface area (TPSA) is 104 Å². The van der Waals surface area contributed by atoms with Gasteiger partial charge in [0.2, 0.25) is 5.88 Å². The van der Waals surface area contributed by atoms with Gasteiger partial charge in [-0.3, -0.25) is 0 Å². The van der Waals surface area contributed by atoms with Gasteiger partial charge in [-0.1, -0.05) is 41.4 Å². The second kappa shape index (κ2) is 10.5. The smallest absolute Gasteiger partial charge is 0.338 e. The first-order valence-electron chi connectivity index (χ1n) is 10.0. The van der Waals surface area contributed by atoms with Crippen molar-refractivity contribution in [3.63, 3.8) is 0 Å². The fourth-order valence-electron chi connectivity index (χ4n) is 3.56. The van der Waals surface area contributed by atoms with Gasteiger partial charge in [0.1, 0.15) is 24.0 Å². The lowest BCUT2D eigenvalue weighted by Crippen LogP contribution is -2.26. The first kappa shape index (κ1) is 24.3. The Hall–Kier alpha value is -3.34. The third-order valence-electron chi connectivity index (χ3n) is 5.06. The predicted octanol–water partition coefficient (Wildman–Crippen LogP) is 5.23. The molecule has 2 aromatic carbocycles. The zero-order valence-corrected chi connectivity index (χ0v) is 19.8. The molecule has 0 aliphatic carbocycles. The molecule has 0 saturated carbocycles. The number of ether oxygens (including phenoxy) is 4. The molecule has 33 heavy (non-hydrogen) atoms. The van der Waals surface area contributed by atoms with Crippen LogP contribution in [0, 0.1) is 11.3 Å². The quantitative estimate of drug-likeness (QED) is 0.532. The number of para-hydroxylation sites is 1. The second-order valence-corrected chi connectivity index (χ2v) is 7.80. The van der Waals surface area contributed by atoms with E-state index in [1.165, 1.54) is 7.11 Å². The van der Waals surface area contributed by atoms with Crippen LogP contribution >= 0.6 is 23.2 Å². The highest BCUT2D eigenvalue weighted by Crippen LogP contribution is 2.46. The highest BCUT2D eigenvalue weighted by molar-refractivity contribution is 6.35. The van der Waals surface area contributed by atoms with Crippen LogP contribution in [0.1, 0.15) is 30.9 Å². The summed E-state index contributed by atoms with van der Waals surface area (Å²) in [4.78, 5) is 12.9. The van der Waals surface area contributed by atoms with Gasteiger partial charge in [0.05, 0.1) is 25.2 Å². The van der Waals surface area contributed by atoms with E-state index in [9.17, 15) is 10.1 Å². The zero-order valence-electron chi connectivity index (χ0n) is 18.3. The monoisotopic (exact) mass is 488 g/mol. The molecule has 1 atom stereocenters. The Balaban J connectivity index is 2.16. The summed E-state index contributed by atoms with van der Waals surface area (Å²) in [5.41, 5.74) is 7.27. The van der Waals surface area contributed by atoms with Crippen molar-refractivity contribution in [3.8, 4) is 17.6 Å². The maximum Gasteiger partial charge on any atom is 0.338 e. The van der Waals surface area contributed by atoms with Crippen molar-refractivity contribution in [2.75, 3.05) is 13.7 Å². The first-order chi connectivity index (χ1) is 15.8. The van der Waals surface area contributed by atoms with Gasteiger partial charge in [-0.25, -0.2) is 4.79 Å². The summed E-state index contributed by atoms with van der Waals surface area (Å²) in [5.74, 6) is -0.691. The Bertz CT molecular complexity index is 1160. The maximum atomic E-state index is 12.9. The van der Waals surface area contributed by atoms with E-state index in [0.717, 1.165) is 0 Å². The van der Waals surface area contributed by atoms with Crippen LogP contribution in [0.4, 0.5) is 0 Å². The number of allylic oxidation sites excluding steroid dienone is 2. The lowest BCUT2D eigenvalue weighted by atomic mass is 9.82. The molecule has 0 radical (unpaired) electrons. The van der Waals surface area contributed by atoms with Gasteiger partial charge in [0.15, 0.2) is 11.5 Å². The van der Waals surface area contributed by atoms with Crippen LogP contribution in [0.25, 0.3) is 0 Å². The molecule has 1 aliphatic heterocycles. The molecule has 2 aromatic rings. The molecule has 0 aromatic heterocycles. The molecule has 1 unspecified atom stereocenters. The fraction of sp³-hybridized carbons (Fsp3) is 0.250. The van der Waals surface area contributed by atoms with Gasteiger partial charge in [0, 0.05) is 21.2 Å². The van der Waals surface area contributed by atoms with Crippen LogP contribution in [0.15, 0.2) is 59.2 Å². The van der Waals surface area contributed by atoms with Gasteiger partial charge in [0.25, 0.3) is 0 Å². The van der Waals surface area contributed by atoms with Crippen LogP contribution in [-0.2, 0) is 20.9 Å². The highest BCUT2D eigenvalue weighted by Gasteiger charge is 2.38. The predicted molar refractivity (Wildman–Crippen MR) is 124 cm³/mol. The lowest BCUT2D eigenvalue weighted by molar-refractivity contribution is -0.139. The molecule has 2 N–H and O–H groups in total. The molecule has 7 nitrogen and oxygen atoms in total. The summed E-state index contributed by atoms with van der Waals surface area (Å²) in [6.07, 6.45) is 0. The molecule has 0 spiro atoms. The molecule has 172 valence electrons. The second-order valence-electron chi connectivity index (χ2n) is 6.98. The molecule has 0 amide bonds. The number of nitriles is 1. The highest BCUT2D eigenvalue weighted by atomic mass is 35.5. The number of hydrogen-bond donors (Lipinski definition) is 1. The van der Waals surface area contributed by atoms with Crippen LogP contribution in [-0.4, -0.2) is 19.7 Å². The van der Waals surface area contributed by atoms with Crippen molar-refractivity contribution in [2.24, 2.45) is 5.73 Å². The minimum atomic E-state index is -0.894. The largest absolute Gasteiger partial charge is 0.493 e. The summed E-state index contributed by atoms with van der Waals surface area (Å²) >= 11 is 12.6. The third-order valence-corrected chi connectivity index (χ3v) is 5.77. The van der Waals surface area contributed by atoms with E-state index >= 15 is 0 Å². The van der Waals surface area contributed by atoms with Crippen LogP contribution < -0.4 is 15.2 Å². The van der Waals surface area contributed by atoms with Crippen molar-refractivity contribution < 1.29 is 23.7 Å². The van der Waals surface area contributed by atoms with E-state index in [0.29, 0.717) is 32.7 Å². The maximum absolute atomic E-state index is 12.9. The number of hydrogen-bond acceptors (Lipinski definition) is 7. The van der Waals surface area contributed by atoms with Crippen molar-refractivity contribution in [2.45, 2.75) is 26.4 Å². The molecule has 1 aliphatic rings. The van der Waals surface area contributed by atoms with Crippen molar-refractivity contribution >= 4 is 29.2 Å². The minimum Gasteiger partial charge on any atom is -0.493 e. The Morgan fingerprint density at radius 2 is 1.88 bits per heavy atom. The minimum absolute atomic E-state index is 0.0214. The van der Waals surface area contributed by atoms with Crippen LogP contribution in [0.5, 0.6) is 11.5 Å². The Kier molecular flexibility index (Phi) is 7.75. The average Bonchev–Trinajstić information content (AvgIpc) is 2.78. The summed E-state index contributed by atoms with van der Waals surface area (Å²) in [6, 6.07) is 12.3. The van der Waals surface area contributed by atoms with E-state index in [4.69, 9.17) is 47.9 Å². The molecule has 0 saturated heterocycles. The molecule has 0 bridgehead atoms. The van der Waals surface area contributed by atoms with Gasteiger partial charge in [-0.05, 0) is 32.0 Å². The zero-order chi connectivity index (χ0) is 24.1. The molecule has 1 heterocycles. The van der Waals surface area contributed by atoms with Gasteiger partial charge >= 0.3 is 5.97 Å². The van der Waals surface area contributed by atoms with Gasteiger partial charge in [-0.2, -0.15) is 5.26 Å². The van der Waals surface area contributed by atoms with Crippen molar-refractivity contribution in [1.82, 2.24) is 0 Å². The SMILES string of the molecule is CCOC(=O)C1=C(C)OC(N)=C(C#N)C1c1cccc(OC)c1OCc1c(Cl)cccc1Cl. The standard InChI is InChI=1S/C24H22Cl2N2O5/c1-4-31-24(29)20-13(2)33-23(28)15(11-27)21(20)14-7-5-10-19(30-3)22(14)32-12-16-17(25)8-6-9-18(16)26/h5-10,21H,4,12,28H2,1-3H3. The molecule has 0 fully saturated rings. The lowest BCUT2D eigenvalue weighted by Gasteiger charge is -2.28. The number of methoxy groups -OCH3 is 1. The number of carbonyl (C=O) groups excluding carboxylic acids is 1. The normalized spacial score (nSPS) is 15.6. The molecule has 3 rings (SSSR count). The van der Waals surface area contributed by atoms with Crippen molar-refractivity contribution in [1.29, 1.82) is 5.26 Å². The fourth-order valence-corrected chi connectivity index (χ4v) is 4.06. The van der Waals surface area contributed by atoms with E-state index in [2.05, 4.69) is 6.07 Å². The Morgan fingerprint density at radius 1 is 1.21 bits per heavy atom. The summed E-state index contributed by atoms with van der Waals surface area (Å²) in [5, 5.41) is 10.7. The van der Waals surface area contributed by atoms with E-state index < -0.39 is 11.9 Å². The van der Waals surface area contributed by atoms with Crippen molar-refractivity contribution in [3.05, 3.63) is 80.4 Å². The summed E-state index contributed by atoms with van der Waals surface area (Å²) < 4.78 is 22.4. The van der Waals surface area contributed by atoms with Gasteiger partial charge in [-0.15, -0.1) is 0 Å². The number of carbonyl (C=O) groups is 1. The number of halogens is 2. The Labute approximate surface area is 201 Å². The average molecular weight is 489 g/mol. The summed E-state index contributed by atoms with van der Waals surface area (Å²) in [6.45, 7) is 3.45. The van der Waals surface area contributed by atoms with Gasteiger partial charge < -0.3 is 24.7 Å². The molecular formula is C24H22Cl2N2O5. The first-order valence-corrected chi connectivity index (χ1v) is 10.8.